The first kappa shape index (κ1) is 12.2. The lowest BCUT2D eigenvalue weighted by molar-refractivity contribution is -0.123. The van der Waals surface area contributed by atoms with E-state index in [2.05, 4.69) is 12.2 Å². The number of carbonyl (C=O) groups excluding carboxylic acids is 2. The molecule has 1 aliphatic heterocycles. The Morgan fingerprint density at radius 3 is 2.25 bits per heavy atom. The van der Waals surface area contributed by atoms with E-state index in [4.69, 9.17) is 11.6 Å². The highest BCUT2D eigenvalue weighted by atomic mass is 35.5. The van der Waals surface area contributed by atoms with Crippen LogP contribution in [0.1, 0.15) is 12.0 Å². The maximum Gasteiger partial charge on any atom is 0.238 e. The monoisotopic (exact) mass is 287 g/mol. The number of rotatable bonds is 1. The van der Waals surface area contributed by atoms with Crippen LogP contribution in [0.4, 0.5) is 5.69 Å². The van der Waals surface area contributed by atoms with Gasteiger partial charge in [0.2, 0.25) is 11.8 Å². The molecule has 2 amide bonds. The molecule has 0 N–H and O–H groups in total. The summed E-state index contributed by atoms with van der Waals surface area (Å²) in [5, 5.41) is 0.584. The fraction of sp³-hybridized carbons (Fsp3) is 0.375. The number of nitrogens with zero attached hydrogens (tertiary/aromatic N) is 1. The van der Waals surface area contributed by atoms with Crippen LogP contribution in [-0.4, -0.2) is 11.8 Å². The number of carbonyl (C=O) groups is 2. The smallest absolute Gasteiger partial charge is 0.238 e. The molecule has 1 saturated carbocycles. The summed E-state index contributed by atoms with van der Waals surface area (Å²) in [6, 6.07) is 5.36. The topological polar surface area (TPSA) is 37.4 Å². The van der Waals surface area contributed by atoms with Crippen molar-refractivity contribution >= 4 is 29.1 Å². The molecule has 4 rings (SSSR count). The summed E-state index contributed by atoms with van der Waals surface area (Å²) >= 11 is 6.12. The zero-order valence-electron chi connectivity index (χ0n) is 11.0. The molecule has 20 heavy (non-hydrogen) atoms. The highest BCUT2D eigenvalue weighted by molar-refractivity contribution is 6.32. The number of benzene rings is 1. The molecule has 3 aliphatic rings. The summed E-state index contributed by atoms with van der Waals surface area (Å²) in [6.07, 6.45) is 5.15. The molecule has 1 saturated heterocycles. The Bertz CT molecular complexity index is 636. The second-order valence-electron chi connectivity index (χ2n) is 5.95. The fourth-order valence-electron chi connectivity index (χ4n) is 3.88. The van der Waals surface area contributed by atoms with Crippen molar-refractivity contribution in [2.75, 3.05) is 4.90 Å². The molecule has 0 spiro atoms. The lowest BCUT2D eigenvalue weighted by Gasteiger charge is -2.17. The van der Waals surface area contributed by atoms with Crippen LogP contribution in [0.15, 0.2) is 30.4 Å². The Balaban J connectivity index is 1.76. The maximum atomic E-state index is 12.6. The number of hydrogen-bond acceptors (Lipinski definition) is 2. The minimum Gasteiger partial charge on any atom is -0.274 e. The number of anilines is 1. The summed E-state index contributed by atoms with van der Waals surface area (Å²) in [6.45, 7) is 1.90. The summed E-state index contributed by atoms with van der Waals surface area (Å²) in [5.74, 6) is 0.0587. The number of fused-ring (bicyclic) bond motifs is 5. The van der Waals surface area contributed by atoms with Crippen LogP contribution in [-0.2, 0) is 9.59 Å². The average Bonchev–Trinajstić information content (AvgIpc) is 3.08. The molecule has 4 heteroatoms. The van der Waals surface area contributed by atoms with Gasteiger partial charge in [-0.05, 0) is 42.9 Å². The molecular formula is C16H14ClNO2. The lowest BCUT2D eigenvalue weighted by atomic mass is 9.85. The van der Waals surface area contributed by atoms with Gasteiger partial charge in [-0.3, -0.25) is 9.59 Å². The van der Waals surface area contributed by atoms with Gasteiger partial charge in [0.25, 0.3) is 0 Å². The predicted octanol–water partition coefficient (Wildman–Crippen LogP) is 2.96. The van der Waals surface area contributed by atoms with E-state index >= 15 is 0 Å². The first-order valence-corrected chi connectivity index (χ1v) is 7.28. The lowest BCUT2D eigenvalue weighted by Crippen LogP contribution is -2.32. The van der Waals surface area contributed by atoms with Crippen LogP contribution in [0, 0.1) is 30.6 Å². The Hall–Kier alpha value is -1.61. The van der Waals surface area contributed by atoms with Crippen LogP contribution >= 0.6 is 11.6 Å². The van der Waals surface area contributed by atoms with Crippen molar-refractivity contribution in [2.45, 2.75) is 13.3 Å². The zero-order chi connectivity index (χ0) is 14.0. The first-order chi connectivity index (χ1) is 9.58. The Kier molecular flexibility index (Phi) is 2.40. The van der Waals surface area contributed by atoms with Crippen LogP contribution < -0.4 is 4.90 Å². The van der Waals surface area contributed by atoms with Crippen LogP contribution in [0.3, 0.4) is 0 Å². The van der Waals surface area contributed by atoms with Gasteiger partial charge < -0.3 is 0 Å². The summed E-state index contributed by atoms with van der Waals surface area (Å²) in [4.78, 5) is 26.6. The molecular weight excluding hydrogens is 274 g/mol. The van der Waals surface area contributed by atoms with E-state index in [-0.39, 0.29) is 35.5 Å². The fourth-order valence-corrected chi connectivity index (χ4v) is 4.05. The average molecular weight is 288 g/mol. The number of aryl methyl sites for hydroxylation is 1. The van der Waals surface area contributed by atoms with Gasteiger partial charge in [-0.25, -0.2) is 4.90 Å². The molecule has 2 aliphatic carbocycles. The first-order valence-electron chi connectivity index (χ1n) is 6.90. The van der Waals surface area contributed by atoms with Gasteiger partial charge in [0, 0.05) is 5.02 Å². The summed E-state index contributed by atoms with van der Waals surface area (Å²) in [5.41, 5.74) is 1.54. The molecule has 4 atom stereocenters. The molecule has 1 heterocycles. The zero-order valence-corrected chi connectivity index (χ0v) is 11.8. The number of hydrogen-bond donors (Lipinski definition) is 0. The number of imide groups is 1. The molecule has 0 unspecified atom stereocenters. The second-order valence-corrected chi connectivity index (χ2v) is 6.35. The number of allylic oxidation sites excluding steroid dienone is 2. The third-order valence-corrected chi connectivity index (χ3v) is 5.29. The molecule has 0 aromatic heterocycles. The van der Waals surface area contributed by atoms with E-state index in [1.165, 1.54) is 4.90 Å². The minimum absolute atomic E-state index is 0.0585. The highest BCUT2D eigenvalue weighted by Crippen LogP contribution is 2.53. The Morgan fingerprint density at radius 1 is 1.10 bits per heavy atom. The van der Waals surface area contributed by atoms with Crippen molar-refractivity contribution in [3.8, 4) is 0 Å². The standard InChI is InChI=1S/C16H14ClNO2/c1-8-2-5-11(7-12(8)17)18-15(19)13-9-3-4-10(6-9)14(13)16(18)20/h2-5,7,9-10,13-14H,6H2,1H3/t9-,10-,13+,14+/m0/s1. The Labute approximate surface area is 122 Å². The summed E-state index contributed by atoms with van der Waals surface area (Å²) in [7, 11) is 0. The van der Waals surface area contributed by atoms with Crippen molar-refractivity contribution in [2.24, 2.45) is 23.7 Å². The highest BCUT2D eigenvalue weighted by Gasteiger charge is 2.59. The second kappa shape index (κ2) is 3.95. The minimum atomic E-state index is -0.155. The number of halogens is 1. The van der Waals surface area contributed by atoms with Crippen molar-refractivity contribution < 1.29 is 9.59 Å². The third-order valence-electron chi connectivity index (χ3n) is 4.88. The normalized spacial score (nSPS) is 34.2. The van der Waals surface area contributed by atoms with Crippen molar-refractivity contribution in [3.05, 3.63) is 40.9 Å². The summed E-state index contributed by atoms with van der Waals surface area (Å²) < 4.78 is 0. The predicted molar refractivity (Wildman–Crippen MR) is 76.4 cm³/mol. The SMILES string of the molecule is Cc1ccc(N2C(=O)[C@H]3[C@H](C2=O)[C@H]2C=C[C@H]3C2)cc1Cl. The van der Waals surface area contributed by atoms with Crippen LogP contribution in [0.2, 0.25) is 5.02 Å². The van der Waals surface area contributed by atoms with Gasteiger partial charge in [-0.1, -0.05) is 29.8 Å². The third kappa shape index (κ3) is 1.41. The van der Waals surface area contributed by atoms with E-state index in [0.29, 0.717) is 10.7 Å². The van der Waals surface area contributed by atoms with E-state index in [9.17, 15) is 9.59 Å². The maximum absolute atomic E-state index is 12.6. The van der Waals surface area contributed by atoms with Crippen LogP contribution in [0.25, 0.3) is 0 Å². The van der Waals surface area contributed by atoms with Crippen molar-refractivity contribution in [1.29, 1.82) is 0 Å². The molecule has 2 fully saturated rings. The number of amides is 2. The Morgan fingerprint density at radius 2 is 1.70 bits per heavy atom. The van der Waals surface area contributed by atoms with E-state index in [0.717, 1.165) is 12.0 Å². The van der Waals surface area contributed by atoms with E-state index in [1.807, 2.05) is 13.0 Å². The molecule has 2 bridgehead atoms. The van der Waals surface area contributed by atoms with Gasteiger partial charge >= 0.3 is 0 Å². The largest absolute Gasteiger partial charge is 0.274 e. The molecule has 1 aromatic carbocycles. The van der Waals surface area contributed by atoms with Gasteiger partial charge in [0.1, 0.15) is 0 Å². The quantitative estimate of drug-likeness (QED) is 0.588. The van der Waals surface area contributed by atoms with Crippen molar-refractivity contribution in [1.82, 2.24) is 0 Å². The van der Waals surface area contributed by atoms with Gasteiger partial charge in [-0.2, -0.15) is 0 Å². The van der Waals surface area contributed by atoms with Crippen molar-refractivity contribution in [3.63, 3.8) is 0 Å². The molecule has 1 aromatic rings. The van der Waals surface area contributed by atoms with Gasteiger partial charge in [0.05, 0.1) is 17.5 Å². The molecule has 102 valence electrons. The van der Waals surface area contributed by atoms with E-state index in [1.54, 1.807) is 12.1 Å². The molecule has 0 radical (unpaired) electrons. The van der Waals surface area contributed by atoms with Gasteiger partial charge in [0.15, 0.2) is 0 Å². The molecule has 3 nitrogen and oxygen atoms in total. The van der Waals surface area contributed by atoms with Crippen LogP contribution in [0.5, 0.6) is 0 Å². The van der Waals surface area contributed by atoms with Gasteiger partial charge in [-0.15, -0.1) is 0 Å². The van der Waals surface area contributed by atoms with E-state index < -0.39 is 0 Å².